The van der Waals surface area contributed by atoms with Crippen molar-refractivity contribution in [3.63, 3.8) is 0 Å². The molecule has 20 heavy (non-hydrogen) atoms. The molecular weight excluding hydrogens is 270 g/mol. The number of carbonyl (C=O) groups excluding carboxylic acids is 1. The minimum atomic E-state index is 0.0855. The highest BCUT2D eigenvalue weighted by molar-refractivity contribution is 7.09. The summed E-state index contributed by atoms with van der Waals surface area (Å²) in [6.45, 7) is 0.747. The minimum absolute atomic E-state index is 0.0855. The molecule has 0 spiro atoms. The highest BCUT2D eigenvalue weighted by Gasteiger charge is 2.10. The van der Waals surface area contributed by atoms with Gasteiger partial charge in [-0.05, 0) is 12.1 Å². The third kappa shape index (κ3) is 3.81. The SMILES string of the molecule is CN(C)C(=O)Cc1nc(CN(C)c2ccccc2)cs1. The number of carbonyl (C=O) groups is 1. The van der Waals surface area contributed by atoms with E-state index in [-0.39, 0.29) is 5.91 Å². The van der Waals surface area contributed by atoms with Gasteiger partial charge in [0.15, 0.2) is 0 Å². The number of thiazole rings is 1. The first-order valence-corrected chi connectivity index (χ1v) is 7.34. The number of anilines is 1. The molecule has 5 heteroatoms. The average Bonchev–Trinajstić information content (AvgIpc) is 2.86. The highest BCUT2D eigenvalue weighted by Crippen LogP contribution is 2.17. The zero-order valence-electron chi connectivity index (χ0n) is 12.0. The molecule has 0 saturated carbocycles. The van der Waals surface area contributed by atoms with Crippen molar-refractivity contribution < 1.29 is 4.79 Å². The smallest absolute Gasteiger partial charge is 0.228 e. The molecule has 106 valence electrons. The number of hydrogen-bond donors (Lipinski definition) is 0. The van der Waals surface area contributed by atoms with Crippen molar-refractivity contribution in [1.82, 2.24) is 9.88 Å². The molecule has 0 aliphatic heterocycles. The summed E-state index contributed by atoms with van der Waals surface area (Å²) in [5.41, 5.74) is 2.16. The number of para-hydroxylation sites is 1. The van der Waals surface area contributed by atoms with Gasteiger partial charge in [0.05, 0.1) is 18.7 Å². The van der Waals surface area contributed by atoms with Gasteiger partial charge in [-0.3, -0.25) is 4.79 Å². The second-order valence-electron chi connectivity index (χ2n) is 4.89. The van der Waals surface area contributed by atoms with Crippen molar-refractivity contribution >= 4 is 22.9 Å². The Hall–Kier alpha value is -1.88. The van der Waals surface area contributed by atoms with Crippen molar-refractivity contribution in [3.05, 3.63) is 46.4 Å². The van der Waals surface area contributed by atoms with E-state index in [1.165, 1.54) is 0 Å². The Morgan fingerprint density at radius 1 is 1.20 bits per heavy atom. The molecule has 4 nitrogen and oxygen atoms in total. The molecule has 0 aliphatic carbocycles. The third-order valence-electron chi connectivity index (χ3n) is 3.00. The van der Waals surface area contributed by atoms with Crippen LogP contribution in [0.15, 0.2) is 35.7 Å². The lowest BCUT2D eigenvalue weighted by Gasteiger charge is -2.17. The van der Waals surface area contributed by atoms with Gasteiger partial charge in [0, 0.05) is 32.2 Å². The normalized spacial score (nSPS) is 10.3. The van der Waals surface area contributed by atoms with Crippen LogP contribution in [0.2, 0.25) is 0 Å². The number of hydrogen-bond acceptors (Lipinski definition) is 4. The van der Waals surface area contributed by atoms with Gasteiger partial charge in [-0.2, -0.15) is 0 Å². The Morgan fingerprint density at radius 2 is 1.90 bits per heavy atom. The van der Waals surface area contributed by atoms with Crippen LogP contribution >= 0.6 is 11.3 Å². The number of likely N-dealkylation sites (N-methyl/N-ethyl adjacent to an activating group) is 1. The molecular formula is C15H19N3OS. The highest BCUT2D eigenvalue weighted by atomic mass is 32.1. The lowest BCUT2D eigenvalue weighted by molar-refractivity contribution is -0.127. The van der Waals surface area contributed by atoms with Crippen LogP contribution in [0.4, 0.5) is 5.69 Å². The van der Waals surface area contributed by atoms with Gasteiger partial charge >= 0.3 is 0 Å². The maximum Gasteiger partial charge on any atom is 0.228 e. The molecule has 0 unspecified atom stereocenters. The lowest BCUT2D eigenvalue weighted by Crippen LogP contribution is -2.23. The van der Waals surface area contributed by atoms with Crippen LogP contribution in [0.25, 0.3) is 0 Å². The summed E-state index contributed by atoms with van der Waals surface area (Å²) in [6.07, 6.45) is 0.382. The summed E-state index contributed by atoms with van der Waals surface area (Å²) in [5, 5.41) is 2.90. The van der Waals surface area contributed by atoms with Gasteiger partial charge < -0.3 is 9.80 Å². The third-order valence-corrected chi connectivity index (χ3v) is 3.89. The van der Waals surface area contributed by atoms with Crippen LogP contribution in [-0.2, 0) is 17.8 Å². The van der Waals surface area contributed by atoms with E-state index in [1.54, 1.807) is 30.3 Å². The topological polar surface area (TPSA) is 36.4 Å². The fraction of sp³-hybridized carbons (Fsp3) is 0.333. The van der Waals surface area contributed by atoms with Crippen LogP contribution in [-0.4, -0.2) is 36.9 Å². The predicted molar refractivity (Wildman–Crippen MR) is 83.1 cm³/mol. The fourth-order valence-corrected chi connectivity index (χ4v) is 2.58. The molecule has 1 aromatic heterocycles. The number of amides is 1. The Balaban J connectivity index is 1.98. The second kappa shape index (κ2) is 6.52. The number of nitrogens with zero attached hydrogens (tertiary/aromatic N) is 3. The van der Waals surface area contributed by atoms with Crippen LogP contribution in [0.3, 0.4) is 0 Å². The maximum absolute atomic E-state index is 11.6. The van der Waals surface area contributed by atoms with Gasteiger partial charge in [-0.15, -0.1) is 11.3 Å². The monoisotopic (exact) mass is 289 g/mol. The first kappa shape index (κ1) is 14.5. The average molecular weight is 289 g/mol. The molecule has 0 saturated heterocycles. The van der Waals surface area contributed by atoms with Crippen molar-refractivity contribution in [2.45, 2.75) is 13.0 Å². The van der Waals surface area contributed by atoms with Crippen molar-refractivity contribution in [2.75, 3.05) is 26.0 Å². The number of rotatable bonds is 5. The quantitative estimate of drug-likeness (QED) is 0.848. The van der Waals surface area contributed by atoms with E-state index < -0.39 is 0 Å². The molecule has 0 aliphatic rings. The van der Waals surface area contributed by atoms with E-state index in [0.717, 1.165) is 22.9 Å². The predicted octanol–water partition coefficient (Wildman–Crippen LogP) is 2.41. The fourth-order valence-electron chi connectivity index (χ4n) is 1.81. The standard InChI is InChI=1S/C15H19N3OS/c1-17(2)15(19)9-14-16-12(11-20-14)10-18(3)13-7-5-4-6-8-13/h4-8,11H,9-10H2,1-3H3. The molecule has 1 heterocycles. The van der Waals surface area contributed by atoms with E-state index in [0.29, 0.717) is 6.42 Å². The molecule has 0 fully saturated rings. The molecule has 0 atom stereocenters. The van der Waals surface area contributed by atoms with Crippen molar-refractivity contribution in [1.29, 1.82) is 0 Å². The van der Waals surface area contributed by atoms with Gasteiger partial charge in [-0.25, -0.2) is 4.98 Å². The van der Waals surface area contributed by atoms with Crippen molar-refractivity contribution in [3.8, 4) is 0 Å². The Morgan fingerprint density at radius 3 is 2.55 bits per heavy atom. The summed E-state index contributed by atoms with van der Waals surface area (Å²) < 4.78 is 0. The van der Waals surface area contributed by atoms with E-state index in [1.807, 2.05) is 30.6 Å². The van der Waals surface area contributed by atoms with Crippen LogP contribution in [0.5, 0.6) is 0 Å². The minimum Gasteiger partial charge on any atom is -0.369 e. The summed E-state index contributed by atoms with van der Waals surface area (Å²) in [7, 11) is 5.57. The first-order valence-electron chi connectivity index (χ1n) is 6.46. The lowest BCUT2D eigenvalue weighted by atomic mass is 10.3. The first-order chi connectivity index (χ1) is 9.56. The van der Waals surface area contributed by atoms with E-state index in [4.69, 9.17) is 0 Å². The van der Waals surface area contributed by atoms with E-state index >= 15 is 0 Å². The molecule has 0 N–H and O–H groups in total. The molecule has 0 radical (unpaired) electrons. The van der Waals surface area contributed by atoms with E-state index in [2.05, 4.69) is 22.0 Å². The molecule has 2 rings (SSSR count). The summed E-state index contributed by atoms with van der Waals surface area (Å²) in [4.78, 5) is 19.9. The van der Waals surface area contributed by atoms with Gasteiger partial charge in [0.1, 0.15) is 5.01 Å². The van der Waals surface area contributed by atoms with Crippen LogP contribution in [0, 0.1) is 0 Å². The zero-order chi connectivity index (χ0) is 14.5. The van der Waals surface area contributed by atoms with E-state index in [9.17, 15) is 4.79 Å². The molecule has 2 aromatic rings. The van der Waals surface area contributed by atoms with Gasteiger partial charge in [0.25, 0.3) is 0 Å². The van der Waals surface area contributed by atoms with Crippen LogP contribution in [0.1, 0.15) is 10.7 Å². The van der Waals surface area contributed by atoms with Gasteiger partial charge in [0.2, 0.25) is 5.91 Å². The zero-order valence-corrected chi connectivity index (χ0v) is 12.9. The second-order valence-corrected chi connectivity index (χ2v) is 5.83. The summed E-state index contributed by atoms with van der Waals surface area (Å²) >= 11 is 1.55. The molecule has 1 aromatic carbocycles. The molecule has 1 amide bonds. The van der Waals surface area contributed by atoms with Gasteiger partial charge in [-0.1, -0.05) is 18.2 Å². The Labute approximate surface area is 123 Å². The summed E-state index contributed by atoms with van der Waals surface area (Å²) in [6, 6.07) is 10.2. The maximum atomic E-state index is 11.6. The number of aromatic nitrogens is 1. The van der Waals surface area contributed by atoms with Crippen molar-refractivity contribution in [2.24, 2.45) is 0 Å². The Kier molecular flexibility index (Phi) is 4.74. The largest absolute Gasteiger partial charge is 0.369 e. The Bertz CT molecular complexity index is 566. The molecule has 0 bridgehead atoms. The number of benzene rings is 1. The van der Waals surface area contributed by atoms with Crippen LogP contribution < -0.4 is 4.90 Å². The summed E-state index contributed by atoms with van der Waals surface area (Å²) in [5.74, 6) is 0.0855.